The molecule has 0 fully saturated rings. The lowest BCUT2D eigenvalue weighted by Crippen LogP contribution is -2.24. The zero-order valence-corrected chi connectivity index (χ0v) is 19.5. The van der Waals surface area contributed by atoms with E-state index in [4.69, 9.17) is 23.2 Å². The van der Waals surface area contributed by atoms with Gasteiger partial charge in [-0.25, -0.2) is 9.50 Å². The van der Waals surface area contributed by atoms with Crippen LogP contribution >= 0.6 is 23.2 Å². The molecule has 3 heterocycles. The van der Waals surface area contributed by atoms with Gasteiger partial charge in [0, 0.05) is 37.3 Å². The lowest BCUT2D eigenvalue weighted by atomic mass is 10.1. The Kier molecular flexibility index (Phi) is 6.68. The van der Waals surface area contributed by atoms with Crippen molar-refractivity contribution in [2.75, 3.05) is 10.2 Å². The SMILES string of the molecule is CC(=O)N(c1cc(NC(=O)Cc2cccc(C(F)(F)F)c2Cl)ccn1)c1cc2ccnn2cc1Cl. The molecule has 4 aromatic rings. The van der Waals surface area contributed by atoms with Gasteiger partial charge < -0.3 is 5.32 Å². The minimum absolute atomic E-state index is 0.0273. The van der Waals surface area contributed by atoms with E-state index in [1.807, 2.05) is 0 Å². The first-order chi connectivity index (χ1) is 16.5. The highest BCUT2D eigenvalue weighted by atomic mass is 35.5. The van der Waals surface area contributed by atoms with E-state index in [9.17, 15) is 22.8 Å². The fraction of sp³-hybridized carbons (Fsp3) is 0.130. The summed E-state index contributed by atoms with van der Waals surface area (Å²) in [4.78, 5) is 30.6. The summed E-state index contributed by atoms with van der Waals surface area (Å²) in [5.41, 5.74) is 0.340. The van der Waals surface area contributed by atoms with Crippen LogP contribution in [0.3, 0.4) is 0 Å². The molecule has 0 radical (unpaired) electrons. The highest BCUT2D eigenvalue weighted by Crippen LogP contribution is 2.37. The molecule has 0 aliphatic rings. The molecule has 1 aromatic carbocycles. The van der Waals surface area contributed by atoms with Gasteiger partial charge in [0.2, 0.25) is 11.8 Å². The molecule has 35 heavy (non-hydrogen) atoms. The van der Waals surface area contributed by atoms with Crippen molar-refractivity contribution < 1.29 is 22.8 Å². The van der Waals surface area contributed by atoms with Crippen LogP contribution in [0.25, 0.3) is 5.52 Å². The van der Waals surface area contributed by atoms with Crippen molar-refractivity contribution >= 4 is 57.7 Å². The summed E-state index contributed by atoms with van der Waals surface area (Å²) in [6.45, 7) is 1.33. The van der Waals surface area contributed by atoms with Gasteiger partial charge in [-0.1, -0.05) is 35.3 Å². The molecule has 12 heteroatoms. The first-order valence-electron chi connectivity index (χ1n) is 10.1. The van der Waals surface area contributed by atoms with Crippen molar-refractivity contribution in [3.8, 4) is 0 Å². The number of halogens is 5. The highest BCUT2D eigenvalue weighted by molar-refractivity contribution is 6.34. The predicted molar refractivity (Wildman–Crippen MR) is 126 cm³/mol. The van der Waals surface area contributed by atoms with E-state index in [1.165, 1.54) is 42.3 Å². The number of hydrogen-bond acceptors (Lipinski definition) is 4. The second-order valence-corrected chi connectivity index (χ2v) is 8.25. The Labute approximate surface area is 207 Å². The van der Waals surface area contributed by atoms with Crippen LogP contribution in [0, 0.1) is 0 Å². The number of rotatable bonds is 5. The summed E-state index contributed by atoms with van der Waals surface area (Å²) in [5.74, 6) is -0.808. The van der Waals surface area contributed by atoms with Gasteiger partial charge in [-0.2, -0.15) is 18.3 Å². The molecule has 0 aliphatic carbocycles. The molecule has 180 valence electrons. The Morgan fingerprint density at radius 1 is 1.11 bits per heavy atom. The lowest BCUT2D eigenvalue weighted by molar-refractivity contribution is -0.137. The predicted octanol–water partition coefficient (Wildman–Crippen LogP) is 5.92. The minimum atomic E-state index is -4.64. The Bertz CT molecular complexity index is 1440. The first-order valence-corrected chi connectivity index (χ1v) is 10.8. The maximum atomic E-state index is 13.1. The smallest absolute Gasteiger partial charge is 0.326 e. The van der Waals surface area contributed by atoms with Gasteiger partial charge in [-0.3, -0.25) is 14.5 Å². The molecule has 0 spiro atoms. The summed E-state index contributed by atoms with van der Waals surface area (Å²) in [6, 6.07) is 9.72. The van der Waals surface area contributed by atoms with Crippen molar-refractivity contribution in [1.82, 2.24) is 14.6 Å². The maximum absolute atomic E-state index is 13.1. The highest BCUT2D eigenvalue weighted by Gasteiger charge is 2.34. The van der Waals surface area contributed by atoms with E-state index in [1.54, 1.807) is 29.0 Å². The number of anilines is 3. The van der Waals surface area contributed by atoms with Gasteiger partial charge in [-0.15, -0.1) is 0 Å². The molecule has 0 saturated heterocycles. The molecule has 4 rings (SSSR count). The van der Waals surface area contributed by atoms with Crippen LogP contribution < -0.4 is 10.2 Å². The van der Waals surface area contributed by atoms with Gasteiger partial charge in [-0.05, 0) is 29.8 Å². The number of pyridine rings is 2. The molecule has 3 aromatic heterocycles. The van der Waals surface area contributed by atoms with Crippen molar-refractivity contribution in [3.63, 3.8) is 0 Å². The van der Waals surface area contributed by atoms with Gasteiger partial charge in [0.15, 0.2) is 0 Å². The van der Waals surface area contributed by atoms with E-state index < -0.39 is 22.7 Å². The van der Waals surface area contributed by atoms with Crippen LogP contribution in [0.4, 0.5) is 30.4 Å². The van der Waals surface area contributed by atoms with Crippen molar-refractivity contribution in [2.24, 2.45) is 0 Å². The molecule has 7 nitrogen and oxygen atoms in total. The molecular weight excluding hydrogens is 506 g/mol. The Morgan fingerprint density at radius 3 is 2.60 bits per heavy atom. The van der Waals surface area contributed by atoms with E-state index in [2.05, 4.69) is 15.4 Å². The second kappa shape index (κ2) is 9.55. The molecule has 0 saturated carbocycles. The monoisotopic (exact) mass is 521 g/mol. The molecular formula is C23H16Cl2F3N5O2. The summed E-state index contributed by atoms with van der Waals surface area (Å²) >= 11 is 12.3. The number of nitrogens with zero attached hydrogens (tertiary/aromatic N) is 4. The van der Waals surface area contributed by atoms with E-state index in [0.29, 0.717) is 11.2 Å². The Balaban J connectivity index is 1.59. The third kappa shape index (κ3) is 5.23. The number of amides is 2. The van der Waals surface area contributed by atoms with E-state index >= 15 is 0 Å². The quantitative estimate of drug-likeness (QED) is 0.353. The van der Waals surface area contributed by atoms with E-state index in [-0.39, 0.29) is 34.4 Å². The molecule has 1 N–H and O–H groups in total. The number of carbonyl (C=O) groups excluding carboxylic acids is 2. The summed E-state index contributed by atoms with van der Waals surface area (Å²) in [7, 11) is 0. The topological polar surface area (TPSA) is 79.6 Å². The first kappa shape index (κ1) is 24.5. The largest absolute Gasteiger partial charge is 0.417 e. The number of aromatic nitrogens is 3. The maximum Gasteiger partial charge on any atom is 0.417 e. The van der Waals surface area contributed by atoms with Crippen LogP contribution in [0.15, 0.2) is 61.1 Å². The normalized spacial score (nSPS) is 11.5. The van der Waals surface area contributed by atoms with Crippen LogP contribution in [-0.2, 0) is 22.2 Å². The van der Waals surface area contributed by atoms with Crippen molar-refractivity contribution in [1.29, 1.82) is 0 Å². The average molecular weight is 522 g/mol. The minimum Gasteiger partial charge on any atom is -0.326 e. The van der Waals surface area contributed by atoms with Crippen LogP contribution in [0.2, 0.25) is 10.0 Å². The van der Waals surface area contributed by atoms with Crippen LogP contribution in [0.1, 0.15) is 18.1 Å². The van der Waals surface area contributed by atoms with Crippen molar-refractivity contribution in [2.45, 2.75) is 19.5 Å². The number of alkyl halides is 3. The van der Waals surface area contributed by atoms with Crippen molar-refractivity contribution in [3.05, 3.63) is 82.2 Å². The molecule has 0 atom stereocenters. The lowest BCUT2D eigenvalue weighted by Gasteiger charge is -2.22. The molecule has 0 aliphatic heterocycles. The zero-order chi connectivity index (χ0) is 25.3. The average Bonchev–Trinajstić information content (AvgIpc) is 3.22. The third-order valence-corrected chi connectivity index (χ3v) is 5.75. The summed E-state index contributed by atoms with van der Waals surface area (Å²) < 4.78 is 40.8. The van der Waals surface area contributed by atoms with Gasteiger partial charge in [0.1, 0.15) is 5.82 Å². The van der Waals surface area contributed by atoms with Gasteiger partial charge in [0.05, 0.1) is 33.2 Å². The van der Waals surface area contributed by atoms with Crippen LogP contribution in [0.5, 0.6) is 0 Å². The van der Waals surface area contributed by atoms with Gasteiger partial charge >= 0.3 is 6.18 Å². The second-order valence-electron chi connectivity index (χ2n) is 7.47. The van der Waals surface area contributed by atoms with Crippen LogP contribution in [-0.4, -0.2) is 26.4 Å². The summed E-state index contributed by atoms with van der Waals surface area (Å²) in [5, 5.41) is 6.41. The fourth-order valence-electron chi connectivity index (χ4n) is 3.49. The van der Waals surface area contributed by atoms with E-state index in [0.717, 1.165) is 6.07 Å². The third-order valence-electron chi connectivity index (χ3n) is 5.02. The number of benzene rings is 1. The summed E-state index contributed by atoms with van der Waals surface area (Å²) in [6.07, 6.45) is -0.518. The zero-order valence-electron chi connectivity index (χ0n) is 18.0. The molecule has 0 bridgehead atoms. The molecule has 2 amide bonds. The Morgan fingerprint density at radius 2 is 1.89 bits per heavy atom. The Hall–Kier alpha value is -3.63. The number of hydrogen-bond donors (Lipinski definition) is 1. The fourth-order valence-corrected chi connectivity index (χ4v) is 4.02. The number of nitrogens with one attached hydrogen (secondary N) is 1. The van der Waals surface area contributed by atoms with Gasteiger partial charge in [0.25, 0.3) is 0 Å². The number of fused-ring (bicyclic) bond motifs is 1. The number of carbonyl (C=O) groups is 2. The standard InChI is InChI=1S/C23H16Cl2F3N5O2/c1-13(34)33(19-11-16-6-8-30-32(16)12-18(19)24)20-10-15(5-7-29-20)31-21(35)9-14-3-2-4-17(22(14)25)23(26,27)28/h2-8,10-12H,9H2,1H3,(H,29,31,35). The molecule has 0 unspecified atom stereocenters.